The lowest BCUT2D eigenvalue weighted by molar-refractivity contribution is -0.125. The van der Waals surface area contributed by atoms with E-state index in [1.54, 1.807) is 0 Å². The smallest absolute Gasteiger partial charge is 0.243 e. The third kappa shape index (κ3) is 5.43. The van der Waals surface area contributed by atoms with E-state index in [-0.39, 0.29) is 18.4 Å². The summed E-state index contributed by atoms with van der Waals surface area (Å²) in [5, 5.41) is 5.45. The SMILES string of the molecule is Cc1cc(C)c(NC(=O)CNC(=O)C(N)Cc2ccccc2)c(C)c1. The average Bonchev–Trinajstić information content (AvgIpc) is 2.56. The summed E-state index contributed by atoms with van der Waals surface area (Å²) in [5.41, 5.74) is 10.8. The second kappa shape index (κ2) is 8.44. The Morgan fingerprint density at radius 1 is 1.04 bits per heavy atom. The number of benzene rings is 2. The van der Waals surface area contributed by atoms with E-state index < -0.39 is 6.04 Å². The maximum Gasteiger partial charge on any atom is 0.243 e. The molecule has 1 atom stereocenters. The van der Waals surface area contributed by atoms with Crippen LogP contribution in [0.3, 0.4) is 0 Å². The predicted octanol–water partition coefficient (Wildman–Crippen LogP) is 2.24. The molecule has 0 fully saturated rings. The first-order valence-corrected chi connectivity index (χ1v) is 8.31. The summed E-state index contributed by atoms with van der Waals surface area (Å²) in [6.07, 6.45) is 0.435. The van der Waals surface area contributed by atoms with Gasteiger partial charge < -0.3 is 16.4 Å². The molecule has 0 aliphatic heterocycles. The van der Waals surface area contributed by atoms with Crippen LogP contribution in [0.5, 0.6) is 0 Å². The summed E-state index contributed by atoms with van der Waals surface area (Å²) in [5.74, 6) is -0.605. The first-order valence-electron chi connectivity index (χ1n) is 8.31. The zero-order chi connectivity index (χ0) is 18.4. The number of aryl methyl sites for hydroxylation is 3. The van der Waals surface area contributed by atoms with Crippen molar-refractivity contribution in [1.29, 1.82) is 0 Å². The van der Waals surface area contributed by atoms with Gasteiger partial charge in [0.05, 0.1) is 12.6 Å². The van der Waals surface area contributed by atoms with Gasteiger partial charge >= 0.3 is 0 Å². The summed E-state index contributed by atoms with van der Waals surface area (Å²) in [6, 6.07) is 12.9. The van der Waals surface area contributed by atoms with E-state index in [9.17, 15) is 9.59 Å². The second-order valence-corrected chi connectivity index (χ2v) is 6.34. The Labute approximate surface area is 148 Å². The molecule has 0 radical (unpaired) electrons. The molecular formula is C20H25N3O2. The van der Waals surface area contributed by atoms with Crippen LogP contribution in [0.2, 0.25) is 0 Å². The van der Waals surface area contributed by atoms with Gasteiger partial charge in [0.2, 0.25) is 11.8 Å². The van der Waals surface area contributed by atoms with Crippen LogP contribution in [-0.2, 0) is 16.0 Å². The minimum absolute atomic E-state index is 0.103. The Morgan fingerprint density at radius 2 is 1.64 bits per heavy atom. The number of nitrogens with one attached hydrogen (secondary N) is 2. The van der Waals surface area contributed by atoms with Gasteiger partial charge in [0, 0.05) is 5.69 Å². The highest BCUT2D eigenvalue weighted by atomic mass is 16.2. The first kappa shape index (κ1) is 18.7. The molecule has 5 nitrogen and oxygen atoms in total. The topological polar surface area (TPSA) is 84.2 Å². The third-order valence-corrected chi connectivity index (χ3v) is 4.00. The van der Waals surface area contributed by atoms with E-state index in [0.29, 0.717) is 6.42 Å². The number of hydrogen-bond donors (Lipinski definition) is 3. The molecule has 0 aliphatic carbocycles. The third-order valence-electron chi connectivity index (χ3n) is 4.00. The summed E-state index contributed by atoms with van der Waals surface area (Å²) in [7, 11) is 0. The molecule has 2 aromatic rings. The van der Waals surface area contributed by atoms with Gasteiger partial charge in [-0.2, -0.15) is 0 Å². The first-order chi connectivity index (χ1) is 11.9. The second-order valence-electron chi connectivity index (χ2n) is 6.34. The van der Waals surface area contributed by atoms with E-state index >= 15 is 0 Å². The maximum atomic E-state index is 12.1. The molecule has 0 spiro atoms. The highest BCUT2D eigenvalue weighted by Crippen LogP contribution is 2.21. The lowest BCUT2D eigenvalue weighted by Gasteiger charge is -2.15. The molecule has 132 valence electrons. The van der Waals surface area contributed by atoms with Gasteiger partial charge in [-0.1, -0.05) is 48.0 Å². The number of anilines is 1. The van der Waals surface area contributed by atoms with Gasteiger partial charge in [-0.3, -0.25) is 9.59 Å². The van der Waals surface area contributed by atoms with Crippen LogP contribution in [0.25, 0.3) is 0 Å². The van der Waals surface area contributed by atoms with Crippen molar-refractivity contribution in [2.75, 3.05) is 11.9 Å². The lowest BCUT2D eigenvalue weighted by atomic mass is 10.1. The van der Waals surface area contributed by atoms with Crippen LogP contribution in [0.4, 0.5) is 5.69 Å². The van der Waals surface area contributed by atoms with Gasteiger partial charge in [-0.15, -0.1) is 0 Å². The van der Waals surface area contributed by atoms with Crippen LogP contribution >= 0.6 is 0 Å². The monoisotopic (exact) mass is 339 g/mol. The molecule has 2 rings (SSSR count). The van der Waals surface area contributed by atoms with Crippen molar-refractivity contribution in [2.24, 2.45) is 5.73 Å². The molecule has 0 saturated heterocycles. The number of carbonyl (C=O) groups excluding carboxylic acids is 2. The standard InChI is InChI=1S/C20H25N3O2/c1-13-9-14(2)19(15(3)10-13)23-18(24)12-22-20(25)17(21)11-16-7-5-4-6-8-16/h4-10,17H,11-12,21H2,1-3H3,(H,22,25)(H,23,24). The van der Waals surface area contributed by atoms with E-state index in [2.05, 4.69) is 10.6 Å². The predicted molar refractivity (Wildman–Crippen MR) is 100 cm³/mol. The molecule has 4 N–H and O–H groups in total. The van der Waals surface area contributed by atoms with Crippen LogP contribution in [0, 0.1) is 20.8 Å². The van der Waals surface area contributed by atoms with Crippen molar-refractivity contribution in [1.82, 2.24) is 5.32 Å². The van der Waals surface area contributed by atoms with Gasteiger partial charge in [0.15, 0.2) is 0 Å². The van der Waals surface area contributed by atoms with E-state index in [0.717, 1.165) is 27.9 Å². The molecule has 1 unspecified atom stereocenters. The average molecular weight is 339 g/mol. The number of nitrogens with two attached hydrogens (primary N) is 1. The van der Waals surface area contributed by atoms with Crippen molar-refractivity contribution < 1.29 is 9.59 Å². The molecule has 2 aromatic carbocycles. The largest absolute Gasteiger partial charge is 0.346 e. The Morgan fingerprint density at radius 3 is 2.24 bits per heavy atom. The summed E-state index contributed by atoms with van der Waals surface area (Å²) < 4.78 is 0. The van der Waals surface area contributed by atoms with Crippen molar-refractivity contribution >= 4 is 17.5 Å². The number of rotatable bonds is 6. The van der Waals surface area contributed by atoms with Crippen molar-refractivity contribution in [3.63, 3.8) is 0 Å². The molecule has 5 heteroatoms. The fourth-order valence-corrected chi connectivity index (χ4v) is 2.82. The molecule has 0 aliphatic rings. The van der Waals surface area contributed by atoms with Gasteiger partial charge in [-0.25, -0.2) is 0 Å². The van der Waals surface area contributed by atoms with Crippen LogP contribution < -0.4 is 16.4 Å². The Kier molecular flexibility index (Phi) is 6.31. The molecule has 0 heterocycles. The zero-order valence-corrected chi connectivity index (χ0v) is 14.9. The summed E-state index contributed by atoms with van der Waals surface area (Å²) >= 11 is 0. The van der Waals surface area contributed by atoms with Crippen molar-refractivity contribution in [3.8, 4) is 0 Å². The molecule has 0 bridgehead atoms. The van der Waals surface area contributed by atoms with E-state index in [1.807, 2.05) is 63.2 Å². The summed E-state index contributed by atoms with van der Waals surface area (Å²) in [4.78, 5) is 24.2. The number of amides is 2. The lowest BCUT2D eigenvalue weighted by Crippen LogP contribution is -2.44. The Hall–Kier alpha value is -2.66. The van der Waals surface area contributed by atoms with E-state index in [1.165, 1.54) is 0 Å². The van der Waals surface area contributed by atoms with Crippen LogP contribution in [-0.4, -0.2) is 24.4 Å². The minimum Gasteiger partial charge on any atom is -0.346 e. The van der Waals surface area contributed by atoms with Gasteiger partial charge in [0.1, 0.15) is 0 Å². The maximum absolute atomic E-state index is 12.1. The van der Waals surface area contributed by atoms with Crippen molar-refractivity contribution in [3.05, 3.63) is 64.7 Å². The molecule has 25 heavy (non-hydrogen) atoms. The summed E-state index contributed by atoms with van der Waals surface area (Å²) in [6.45, 7) is 5.81. The van der Waals surface area contributed by atoms with Gasteiger partial charge in [-0.05, 0) is 43.9 Å². The molecule has 2 amide bonds. The fourth-order valence-electron chi connectivity index (χ4n) is 2.82. The molecular weight excluding hydrogens is 314 g/mol. The Balaban J connectivity index is 1.86. The zero-order valence-electron chi connectivity index (χ0n) is 14.9. The van der Waals surface area contributed by atoms with Gasteiger partial charge in [0.25, 0.3) is 0 Å². The fraction of sp³-hybridized carbons (Fsp3) is 0.300. The Bertz CT molecular complexity index is 734. The normalized spacial score (nSPS) is 11.7. The van der Waals surface area contributed by atoms with Crippen LogP contribution in [0.15, 0.2) is 42.5 Å². The number of carbonyl (C=O) groups is 2. The van der Waals surface area contributed by atoms with E-state index in [4.69, 9.17) is 5.73 Å². The van der Waals surface area contributed by atoms with Crippen LogP contribution in [0.1, 0.15) is 22.3 Å². The highest BCUT2D eigenvalue weighted by molar-refractivity contribution is 5.96. The van der Waals surface area contributed by atoms with Crippen molar-refractivity contribution in [2.45, 2.75) is 33.2 Å². The quantitative estimate of drug-likeness (QED) is 0.754. The number of hydrogen-bond acceptors (Lipinski definition) is 3. The highest BCUT2D eigenvalue weighted by Gasteiger charge is 2.15. The minimum atomic E-state index is -0.682. The molecule has 0 saturated carbocycles. The molecule has 0 aromatic heterocycles.